The van der Waals surface area contributed by atoms with Crippen molar-refractivity contribution in [2.45, 2.75) is 32.9 Å². The van der Waals surface area contributed by atoms with Gasteiger partial charge in [-0.25, -0.2) is 0 Å². The van der Waals surface area contributed by atoms with Gasteiger partial charge in [0.05, 0.1) is 0 Å². The van der Waals surface area contributed by atoms with Crippen LogP contribution in [0.5, 0.6) is 5.75 Å². The third-order valence-electron chi connectivity index (χ3n) is 3.27. The van der Waals surface area contributed by atoms with Crippen LogP contribution in [0.1, 0.15) is 36.7 Å². The van der Waals surface area contributed by atoms with Gasteiger partial charge in [-0.15, -0.1) is 0 Å². The molecule has 1 atom stereocenters. The maximum absolute atomic E-state index is 12.3. The van der Waals surface area contributed by atoms with Gasteiger partial charge in [0.15, 0.2) is 11.9 Å². The molecule has 0 heterocycles. The molecular weight excluding hydrogens is 290 g/mol. The Bertz CT molecular complexity index is 663. The molecule has 0 aliphatic carbocycles. The molecule has 0 unspecified atom stereocenters. The summed E-state index contributed by atoms with van der Waals surface area (Å²) in [6.07, 6.45) is -0.590. The van der Waals surface area contributed by atoms with E-state index in [4.69, 9.17) is 4.74 Å². The summed E-state index contributed by atoms with van der Waals surface area (Å²) in [6, 6.07) is 16.0. The number of carbonyl (C=O) groups excluding carboxylic acids is 2. The zero-order chi connectivity index (χ0) is 16.8. The second-order valence-corrected chi connectivity index (χ2v) is 5.64. The van der Waals surface area contributed by atoms with E-state index in [1.54, 1.807) is 43.3 Å². The normalized spacial score (nSPS) is 11.8. The predicted octanol–water partition coefficient (Wildman–Crippen LogP) is 3.21. The van der Waals surface area contributed by atoms with E-state index in [-0.39, 0.29) is 17.7 Å². The van der Waals surface area contributed by atoms with Crippen LogP contribution >= 0.6 is 0 Å². The number of ketones is 1. The average Bonchev–Trinajstić information content (AvgIpc) is 2.55. The van der Waals surface area contributed by atoms with Gasteiger partial charge in [-0.05, 0) is 45.0 Å². The summed E-state index contributed by atoms with van der Waals surface area (Å²) in [6.45, 7) is 5.49. The number of nitrogens with one attached hydrogen (secondary N) is 1. The number of carbonyl (C=O) groups is 2. The Hall–Kier alpha value is -2.62. The molecule has 0 saturated carbocycles. The molecule has 2 aromatic rings. The number of amides is 1. The molecule has 1 N–H and O–H groups in total. The first kappa shape index (κ1) is 16.7. The smallest absolute Gasteiger partial charge is 0.260 e. The molecule has 0 fully saturated rings. The summed E-state index contributed by atoms with van der Waals surface area (Å²) in [4.78, 5) is 24.1. The van der Waals surface area contributed by atoms with Gasteiger partial charge in [-0.2, -0.15) is 0 Å². The van der Waals surface area contributed by atoms with Crippen molar-refractivity contribution in [3.05, 3.63) is 65.7 Å². The topological polar surface area (TPSA) is 55.4 Å². The minimum Gasteiger partial charge on any atom is -0.481 e. The van der Waals surface area contributed by atoms with Crippen molar-refractivity contribution in [1.82, 2.24) is 5.32 Å². The molecule has 23 heavy (non-hydrogen) atoms. The Morgan fingerprint density at radius 3 is 2.00 bits per heavy atom. The van der Waals surface area contributed by atoms with Crippen LogP contribution in [0.15, 0.2) is 54.6 Å². The molecule has 1 amide bonds. The van der Waals surface area contributed by atoms with Crippen LogP contribution in [0.4, 0.5) is 0 Å². The fraction of sp³-hybridized carbons (Fsp3) is 0.263. The SMILES string of the molecule is CC(C)NC(=O)[C@H](C)Oc1ccc(C(=O)c2ccccc2)cc1. The quantitative estimate of drug-likeness (QED) is 0.833. The predicted molar refractivity (Wildman–Crippen MR) is 89.7 cm³/mol. The Balaban J connectivity index is 2.02. The zero-order valence-electron chi connectivity index (χ0n) is 13.6. The molecule has 4 heteroatoms. The van der Waals surface area contributed by atoms with Gasteiger partial charge in [0, 0.05) is 17.2 Å². The van der Waals surface area contributed by atoms with Crippen LogP contribution < -0.4 is 10.1 Å². The lowest BCUT2D eigenvalue weighted by Gasteiger charge is -2.16. The van der Waals surface area contributed by atoms with Gasteiger partial charge in [-0.3, -0.25) is 9.59 Å². The largest absolute Gasteiger partial charge is 0.481 e. The highest BCUT2D eigenvalue weighted by Gasteiger charge is 2.15. The fourth-order valence-electron chi connectivity index (χ4n) is 2.10. The van der Waals surface area contributed by atoms with Crippen molar-refractivity contribution in [1.29, 1.82) is 0 Å². The standard InChI is InChI=1S/C19H21NO3/c1-13(2)20-19(22)14(3)23-17-11-9-16(10-12-17)18(21)15-7-5-4-6-8-15/h4-14H,1-3H3,(H,20,22)/t14-/m0/s1. The van der Waals surface area contributed by atoms with Crippen LogP contribution in [0.2, 0.25) is 0 Å². The zero-order valence-corrected chi connectivity index (χ0v) is 13.6. The number of ether oxygens (including phenoxy) is 1. The van der Waals surface area contributed by atoms with Crippen molar-refractivity contribution in [2.24, 2.45) is 0 Å². The number of rotatable bonds is 6. The van der Waals surface area contributed by atoms with Gasteiger partial charge in [0.25, 0.3) is 5.91 Å². The molecule has 2 rings (SSSR count). The lowest BCUT2D eigenvalue weighted by atomic mass is 10.0. The van der Waals surface area contributed by atoms with E-state index in [0.717, 1.165) is 0 Å². The molecule has 0 spiro atoms. The Morgan fingerprint density at radius 2 is 1.43 bits per heavy atom. The molecule has 0 bridgehead atoms. The summed E-state index contributed by atoms with van der Waals surface area (Å²) in [7, 11) is 0. The first-order valence-corrected chi connectivity index (χ1v) is 7.64. The molecule has 0 aliphatic heterocycles. The third-order valence-corrected chi connectivity index (χ3v) is 3.27. The van der Waals surface area contributed by atoms with Crippen molar-refractivity contribution in [3.63, 3.8) is 0 Å². The Labute approximate surface area is 136 Å². The average molecular weight is 311 g/mol. The number of hydrogen-bond donors (Lipinski definition) is 1. The highest BCUT2D eigenvalue weighted by Crippen LogP contribution is 2.16. The molecule has 0 aliphatic rings. The van der Waals surface area contributed by atoms with Crippen LogP contribution in [-0.2, 0) is 4.79 Å². The van der Waals surface area contributed by atoms with Gasteiger partial charge in [0.1, 0.15) is 5.75 Å². The summed E-state index contributed by atoms with van der Waals surface area (Å²) in [5.41, 5.74) is 1.23. The molecule has 0 saturated heterocycles. The second kappa shape index (κ2) is 7.58. The van der Waals surface area contributed by atoms with E-state index in [2.05, 4.69) is 5.32 Å². The minimum absolute atomic E-state index is 0.0391. The highest BCUT2D eigenvalue weighted by molar-refractivity contribution is 6.08. The first-order valence-electron chi connectivity index (χ1n) is 7.64. The van der Waals surface area contributed by atoms with Crippen LogP contribution in [-0.4, -0.2) is 23.8 Å². The summed E-state index contributed by atoms with van der Waals surface area (Å²) in [5, 5.41) is 2.80. The highest BCUT2D eigenvalue weighted by atomic mass is 16.5. The van der Waals surface area contributed by atoms with Gasteiger partial charge >= 0.3 is 0 Å². The maximum atomic E-state index is 12.3. The van der Waals surface area contributed by atoms with Crippen molar-refractivity contribution in [2.75, 3.05) is 0 Å². The maximum Gasteiger partial charge on any atom is 0.260 e. The van der Waals surface area contributed by atoms with E-state index in [0.29, 0.717) is 16.9 Å². The van der Waals surface area contributed by atoms with E-state index in [1.165, 1.54) is 0 Å². The second-order valence-electron chi connectivity index (χ2n) is 5.64. The summed E-state index contributed by atoms with van der Waals surface area (Å²) in [5.74, 6) is 0.355. The molecule has 0 radical (unpaired) electrons. The third kappa shape index (κ3) is 4.68. The van der Waals surface area contributed by atoms with Crippen molar-refractivity contribution >= 4 is 11.7 Å². The summed E-state index contributed by atoms with van der Waals surface area (Å²) >= 11 is 0. The van der Waals surface area contributed by atoms with Crippen LogP contribution in [0, 0.1) is 0 Å². The Morgan fingerprint density at radius 1 is 0.870 bits per heavy atom. The lowest BCUT2D eigenvalue weighted by Crippen LogP contribution is -2.40. The van der Waals surface area contributed by atoms with Crippen LogP contribution in [0.3, 0.4) is 0 Å². The number of hydrogen-bond acceptors (Lipinski definition) is 3. The van der Waals surface area contributed by atoms with E-state index in [9.17, 15) is 9.59 Å². The van der Waals surface area contributed by atoms with Crippen molar-refractivity contribution in [3.8, 4) is 5.75 Å². The first-order chi connectivity index (χ1) is 11.0. The molecule has 0 aromatic heterocycles. The minimum atomic E-state index is -0.590. The Kier molecular flexibility index (Phi) is 5.52. The van der Waals surface area contributed by atoms with E-state index >= 15 is 0 Å². The molecule has 120 valence electrons. The lowest BCUT2D eigenvalue weighted by molar-refractivity contribution is -0.127. The molecular formula is C19H21NO3. The number of benzene rings is 2. The van der Waals surface area contributed by atoms with Crippen molar-refractivity contribution < 1.29 is 14.3 Å². The molecule has 4 nitrogen and oxygen atoms in total. The van der Waals surface area contributed by atoms with Gasteiger partial charge in [-0.1, -0.05) is 30.3 Å². The molecule has 2 aromatic carbocycles. The van der Waals surface area contributed by atoms with E-state index < -0.39 is 6.10 Å². The summed E-state index contributed by atoms with van der Waals surface area (Å²) < 4.78 is 5.59. The van der Waals surface area contributed by atoms with Gasteiger partial charge < -0.3 is 10.1 Å². The van der Waals surface area contributed by atoms with E-state index in [1.807, 2.05) is 32.0 Å². The monoisotopic (exact) mass is 311 g/mol. The van der Waals surface area contributed by atoms with Gasteiger partial charge in [0.2, 0.25) is 0 Å². The fourth-order valence-corrected chi connectivity index (χ4v) is 2.10. The van der Waals surface area contributed by atoms with Crippen LogP contribution in [0.25, 0.3) is 0 Å².